The zero-order chi connectivity index (χ0) is 35.2. The lowest BCUT2D eigenvalue weighted by Gasteiger charge is -2.33. The Labute approximate surface area is 292 Å². The molecule has 1 saturated heterocycles. The molecule has 1 N–H and O–H groups in total. The van der Waals surface area contributed by atoms with Gasteiger partial charge >= 0.3 is 12.1 Å². The first-order valence-electron chi connectivity index (χ1n) is 17.7. The number of benzene rings is 3. The zero-order valence-electron chi connectivity index (χ0n) is 30.4. The number of nitrogens with zero attached hydrogens (tertiary/aromatic N) is 1. The minimum Gasteiger partial charge on any atom is -0.497 e. The molecule has 3 aromatic rings. The average Bonchev–Trinajstić information content (AvgIpc) is 3.06. The quantitative estimate of drug-likeness (QED) is 0.133. The predicted octanol–water partition coefficient (Wildman–Crippen LogP) is 8.03. The van der Waals surface area contributed by atoms with Crippen molar-refractivity contribution >= 4 is 12.1 Å². The standard InChI is InChI=1S/C41H54N2O6/c1-40(2,3)38(44)48-36-15-12-29-24-31(11-10-30(29)25-36)37-17-16-35(46-7)26-32(37)18-21-42-27-28-8-13-33(14-9-28)47-34-19-22-43(23-20-34)39(45)49-41(4,5)6/h8-9,12-17,25-26,31,34,42H,10-11,18-24,27H2,1-7H3. The molecule has 49 heavy (non-hydrogen) atoms. The normalized spacial score (nSPS) is 16.9. The number of aryl methyl sites for hydroxylation is 1. The number of amides is 1. The van der Waals surface area contributed by atoms with Crippen LogP contribution in [0.2, 0.25) is 0 Å². The first-order valence-corrected chi connectivity index (χ1v) is 17.7. The third-order valence-corrected chi connectivity index (χ3v) is 9.24. The van der Waals surface area contributed by atoms with Crippen LogP contribution in [0, 0.1) is 5.41 Å². The van der Waals surface area contributed by atoms with Gasteiger partial charge in [0.05, 0.1) is 12.5 Å². The van der Waals surface area contributed by atoms with Crippen molar-refractivity contribution in [2.24, 2.45) is 5.41 Å². The average molecular weight is 671 g/mol. The van der Waals surface area contributed by atoms with Gasteiger partial charge in [-0.15, -0.1) is 0 Å². The van der Waals surface area contributed by atoms with Gasteiger partial charge in [-0.3, -0.25) is 4.79 Å². The van der Waals surface area contributed by atoms with E-state index in [1.54, 1.807) is 12.0 Å². The van der Waals surface area contributed by atoms with Crippen molar-refractivity contribution < 1.29 is 28.5 Å². The van der Waals surface area contributed by atoms with E-state index in [-0.39, 0.29) is 18.2 Å². The van der Waals surface area contributed by atoms with E-state index in [2.05, 4.69) is 41.7 Å². The molecule has 0 bridgehead atoms. The van der Waals surface area contributed by atoms with E-state index in [1.165, 1.54) is 27.8 Å². The lowest BCUT2D eigenvalue weighted by molar-refractivity contribution is -0.143. The lowest BCUT2D eigenvalue weighted by atomic mass is 9.78. The zero-order valence-corrected chi connectivity index (χ0v) is 30.4. The van der Waals surface area contributed by atoms with Crippen LogP contribution in [0.25, 0.3) is 0 Å². The van der Waals surface area contributed by atoms with E-state index in [0.29, 0.717) is 24.8 Å². The third kappa shape index (κ3) is 10.2. The van der Waals surface area contributed by atoms with Gasteiger partial charge in [0.1, 0.15) is 29.0 Å². The monoisotopic (exact) mass is 670 g/mol. The molecule has 1 amide bonds. The summed E-state index contributed by atoms with van der Waals surface area (Å²) >= 11 is 0. The highest BCUT2D eigenvalue weighted by Gasteiger charge is 2.28. The minimum absolute atomic E-state index is 0.0907. The number of piperidine rings is 1. The van der Waals surface area contributed by atoms with Crippen LogP contribution in [-0.2, 0) is 35.3 Å². The number of fused-ring (bicyclic) bond motifs is 1. The SMILES string of the molecule is COc1ccc(C2CCc3cc(OC(=O)C(C)(C)C)ccc3C2)c(CCNCc2ccc(OC3CCN(C(=O)OC(C)(C)C)CC3)cc2)c1. The number of rotatable bonds is 10. The van der Waals surface area contributed by atoms with Crippen molar-refractivity contribution in [2.45, 2.75) is 104 Å². The highest BCUT2D eigenvalue weighted by Crippen LogP contribution is 2.37. The first-order chi connectivity index (χ1) is 23.3. The van der Waals surface area contributed by atoms with Crippen LogP contribution >= 0.6 is 0 Å². The number of hydrogen-bond donors (Lipinski definition) is 1. The van der Waals surface area contributed by atoms with Crippen molar-refractivity contribution in [3.8, 4) is 17.2 Å². The minimum atomic E-state index is -0.536. The molecule has 5 rings (SSSR count). The Morgan fingerprint density at radius 1 is 0.837 bits per heavy atom. The number of carbonyl (C=O) groups excluding carboxylic acids is 2. The highest BCUT2D eigenvalue weighted by atomic mass is 16.6. The molecule has 1 fully saturated rings. The topological polar surface area (TPSA) is 86.3 Å². The maximum absolute atomic E-state index is 12.4. The fourth-order valence-corrected chi connectivity index (χ4v) is 6.46. The van der Waals surface area contributed by atoms with Crippen LogP contribution in [0.1, 0.15) is 94.5 Å². The molecule has 0 radical (unpaired) electrons. The molecule has 0 spiro atoms. The second-order valence-corrected chi connectivity index (χ2v) is 15.4. The predicted molar refractivity (Wildman–Crippen MR) is 193 cm³/mol. The summed E-state index contributed by atoms with van der Waals surface area (Å²) in [6, 6.07) is 20.9. The van der Waals surface area contributed by atoms with E-state index < -0.39 is 11.0 Å². The molecule has 8 heteroatoms. The van der Waals surface area contributed by atoms with E-state index in [4.69, 9.17) is 18.9 Å². The van der Waals surface area contributed by atoms with Crippen molar-refractivity contribution in [3.05, 3.63) is 88.5 Å². The van der Waals surface area contributed by atoms with E-state index in [9.17, 15) is 9.59 Å². The number of ether oxygens (including phenoxy) is 4. The summed E-state index contributed by atoms with van der Waals surface area (Å²) < 4.78 is 23.0. The third-order valence-electron chi connectivity index (χ3n) is 9.24. The van der Waals surface area contributed by atoms with Gasteiger partial charge in [-0.05, 0) is 144 Å². The van der Waals surface area contributed by atoms with Crippen LogP contribution in [0.4, 0.5) is 4.79 Å². The van der Waals surface area contributed by atoms with Crippen LogP contribution in [0.15, 0.2) is 60.7 Å². The van der Waals surface area contributed by atoms with Crippen molar-refractivity contribution in [2.75, 3.05) is 26.7 Å². The Kier molecular flexibility index (Phi) is 11.6. The molecule has 1 aliphatic heterocycles. The lowest BCUT2D eigenvalue weighted by Crippen LogP contribution is -2.44. The molecule has 1 unspecified atom stereocenters. The molecule has 0 saturated carbocycles. The number of methoxy groups -OCH3 is 1. The molecule has 264 valence electrons. The summed E-state index contributed by atoms with van der Waals surface area (Å²) in [5.74, 6) is 2.58. The summed E-state index contributed by atoms with van der Waals surface area (Å²) in [6.07, 6.45) is 5.29. The van der Waals surface area contributed by atoms with Gasteiger partial charge in [0.2, 0.25) is 0 Å². The molecule has 8 nitrogen and oxygen atoms in total. The number of likely N-dealkylation sites (tertiary alicyclic amines) is 1. The Bertz CT molecular complexity index is 1580. The molecule has 1 aliphatic carbocycles. The summed E-state index contributed by atoms with van der Waals surface area (Å²) in [6.45, 7) is 14.2. The van der Waals surface area contributed by atoms with Crippen LogP contribution in [-0.4, -0.2) is 55.4 Å². The second-order valence-electron chi connectivity index (χ2n) is 15.4. The molecule has 1 atom stereocenters. The number of hydrogen-bond acceptors (Lipinski definition) is 7. The van der Waals surface area contributed by atoms with E-state index >= 15 is 0 Å². The number of carbonyl (C=O) groups is 2. The Balaban J connectivity index is 1.10. The van der Waals surface area contributed by atoms with Gasteiger partial charge in [0.15, 0.2) is 0 Å². The number of nitrogens with one attached hydrogen (secondary N) is 1. The molecule has 1 heterocycles. The fourth-order valence-electron chi connectivity index (χ4n) is 6.46. The molecule has 3 aromatic carbocycles. The Hall–Kier alpha value is -4.04. The maximum Gasteiger partial charge on any atom is 0.410 e. The summed E-state index contributed by atoms with van der Waals surface area (Å²) in [5, 5.41) is 3.63. The summed E-state index contributed by atoms with van der Waals surface area (Å²) in [7, 11) is 1.72. The summed E-state index contributed by atoms with van der Waals surface area (Å²) in [5.41, 5.74) is 5.48. The molecular formula is C41H54N2O6. The van der Waals surface area contributed by atoms with Crippen LogP contribution < -0.4 is 19.5 Å². The summed E-state index contributed by atoms with van der Waals surface area (Å²) in [4.78, 5) is 26.5. The molecular weight excluding hydrogens is 616 g/mol. The van der Waals surface area contributed by atoms with E-state index in [1.807, 2.05) is 65.8 Å². The molecule has 0 aromatic heterocycles. The van der Waals surface area contributed by atoms with Gasteiger partial charge in [0.25, 0.3) is 0 Å². The Morgan fingerprint density at radius 3 is 2.20 bits per heavy atom. The van der Waals surface area contributed by atoms with Crippen LogP contribution in [0.5, 0.6) is 17.2 Å². The fraction of sp³-hybridized carbons (Fsp3) is 0.512. The van der Waals surface area contributed by atoms with Crippen molar-refractivity contribution in [1.82, 2.24) is 10.2 Å². The smallest absolute Gasteiger partial charge is 0.410 e. The maximum atomic E-state index is 12.4. The molecule has 2 aliphatic rings. The van der Waals surface area contributed by atoms with Gasteiger partial charge in [-0.2, -0.15) is 0 Å². The van der Waals surface area contributed by atoms with Gasteiger partial charge < -0.3 is 29.2 Å². The first kappa shape index (κ1) is 36.2. The highest BCUT2D eigenvalue weighted by molar-refractivity contribution is 5.78. The van der Waals surface area contributed by atoms with Gasteiger partial charge in [0, 0.05) is 32.5 Å². The van der Waals surface area contributed by atoms with Gasteiger partial charge in [-0.25, -0.2) is 4.79 Å². The second kappa shape index (κ2) is 15.7. The van der Waals surface area contributed by atoms with Gasteiger partial charge in [-0.1, -0.05) is 24.3 Å². The van der Waals surface area contributed by atoms with Crippen molar-refractivity contribution in [3.63, 3.8) is 0 Å². The van der Waals surface area contributed by atoms with Crippen LogP contribution in [0.3, 0.4) is 0 Å². The van der Waals surface area contributed by atoms with E-state index in [0.717, 1.165) is 63.1 Å². The van der Waals surface area contributed by atoms with Crippen molar-refractivity contribution in [1.29, 1.82) is 0 Å². The largest absolute Gasteiger partial charge is 0.497 e. The Morgan fingerprint density at radius 2 is 1.53 bits per heavy atom. The number of esters is 1.